The molecule has 0 N–H and O–H groups in total. The number of rotatable bonds is 4. The van der Waals surface area contributed by atoms with Crippen LogP contribution >= 0.6 is 0 Å². The van der Waals surface area contributed by atoms with E-state index in [0.717, 1.165) is 22.4 Å². The summed E-state index contributed by atoms with van der Waals surface area (Å²) in [5, 5.41) is 0. The highest BCUT2D eigenvalue weighted by Gasteiger charge is 2.71. The Kier molecular flexibility index (Phi) is 5.39. The molecule has 4 aromatic rings. The molecule has 1 saturated heterocycles. The Hall–Kier alpha value is -4.77. The lowest BCUT2D eigenvalue weighted by molar-refractivity contribution is 0.0666. The highest BCUT2D eigenvalue weighted by atomic mass is 16.5. The molecule has 196 valence electrons. The van der Waals surface area contributed by atoms with Gasteiger partial charge in [0.15, 0.2) is 17.3 Å². The molecular formula is C35H27NO4. The van der Waals surface area contributed by atoms with E-state index >= 15 is 0 Å². The van der Waals surface area contributed by atoms with Crippen molar-refractivity contribution >= 4 is 29.1 Å². The van der Waals surface area contributed by atoms with Gasteiger partial charge in [-0.05, 0) is 42.3 Å². The topological polar surface area (TPSA) is 63.7 Å². The second-order valence-electron chi connectivity index (χ2n) is 10.8. The van der Waals surface area contributed by atoms with Crippen molar-refractivity contribution in [3.05, 3.63) is 137 Å². The van der Waals surface area contributed by atoms with Gasteiger partial charge in [0.1, 0.15) is 17.2 Å². The van der Waals surface area contributed by atoms with Crippen LogP contribution in [0.4, 0.5) is 5.69 Å². The SMILES string of the molecule is COc1cccc(C(=O)[C@H]2[C@H](c3ccccc3)C3(C(=O)c4ccccc4C3=O)[C@H]3C=Cc4cc(C)ccc4N23)c1. The number of anilines is 1. The number of benzene rings is 4. The number of aryl methyl sites for hydroxylation is 1. The molecule has 5 heteroatoms. The van der Waals surface area contributed by atoms with Crippen LogP contribution in [0.3, 0.4) is 0 Å². The van der Waals surface area contributed by atoms with Gasteiger partial charge in [0.2, 0.25) is 0 Å². The molecule has 3 atom stereocenters. The van der Waals surface area contributed by atoms with Crippen LogP contribution in [0.2, 0.25) is 0 Å². The summed E-state index contributed by atoms with van der Waals surface area (Å²) in [5.74, 6) is -0.757. The maximum absolute atomic E-state index is 14.7. The van der Waals surface area contributed by atoms with Crippen LogP contribution in [-0.2, 0) is 0 Å². The van der Waals surface area contributed by atoms with Gasteiger partial charge in [0, 0.05) is 28.3 Å². The average Bonchev–Trinajstić information content (AvgIpc) is 3.43. The Balaban J connectivity index is 1.54. The van der Waals surface area contributed by atoms with Crippen LogP contribution in [0.1, 0.15) is 53.7 Å². The van der Waals surface area contributed by atoms with Crippen LogP contribution in [0, 0.1) is 12.3 Å². The fourth-order valence-electron chi connectivity index (χ4n) is 7.08. The number of ketones is 3. The molecule has 1 spiro atoms. The van der Waals surface area contributed by atoms with Gasteiger partial charge in [0.05, 0.1) is 13.2 Å². The molecule has 0 saturated carbocycles. The zero-order valence-corrected chi connectivity index (χ0v) is 22.2. The summed E-state index contributed by atoms with van der Waals surface area (Å²) in [6, 6.07) is 28.4. The van der Waals surface area contributed by atoms with Gasteiger partial charge in [-0.15, -0.1) is 0 Å². The molecule has 2 aliphatic heterocycles. The van der Waals surface area contributed by atoms with Crippen molar-refractivity contribution in [2.24, 2.45) is 5.41 Å². The van der Waals surface area contributed by atoms with Gasteiger partial charge in [0.25, 0.3) is 0 Å². The van der Waals surface area contributed by atoms with E-state index in [1.165, 1.54) is 0 Å². The van der Waals surface area contributed by atoms with Gasteiger partial charge in [-0.3, -0.25) is 14.4 Å². The molecule has 5 nitrogen and oxygen atoms in total. The van der Waals surface area contributed by atoms with Crippen molar-refractivity contribution in [3.63, 3.8) is 0 Å². The molecule has 3 aliphatic rings. The van der Waals surface area contributed by atoms with Crippen molar-refractivity contribution in [1.29, 1.82) is 0 Å². The van der Waals surface area contributed by atoms with Crippen LogP contribution in [-0.4, -0.2) is 36.5 Å². The van der Waals surface area contributed by atoms with Crippen LogP contribution in [0.15, 0.2) is 103 Å². The zero-order chi connectivity index (χ0) is 27.6. The van der Waals surface area contributed by atoms with Gasteiger partial charge in [-0.1, -0.05) is 90.5 Å². The number of Topliss-reactive ketones (excluding diaryl/α,β-unsaturated/α-hetero) is 3. The summed E-state index contributed by atoms with van der Waals surface area (Å²) >= 11 is 0. The number of ether oxygens (including phenoxy) is 1. The van der Waals surface area contributed by atoms with Crippen molar-refractivity contribution in [3.8, 4) is 5.75 Å². The monoisotopic (exact) mass is 525 g/mol. The number of hydrogen-bond acceptors (Lipinski definition) is 5. The summed E-state index contributed by atoms with van der Waals surface area (Å²) in [5.41, 5.74) is 3.49. The third-order valence-corrected chi connectivity index (χ3v) is 8.74. The van der Waals surface area contributed by atoms with Crippen LogP contribution in [0.25, 0.3) is 6.08 Å². The van der Waals surface area contributed by atoms with Gasteiger partial charge < -0.3 is 9.64 Å². The molecule has 0 bridgehead atoms. The minimum absolute atomic E-state index is 0.159. The smallest absolute Gasteiger partial charge is 0.186 e. The summed E-state index contributed by atoms with van der Waals surface area (Å²) in [7, 11) is 1.57. The van der Waals surface area contributed by atoms with Gasteiger partial charge in [-0.25, -0.2) is 0 Å². The normalized spacial score (nSPS) is 21.8. The molecule has 0 unspecified atom stereocenters. The Morgan fingerprint density at radius 2 is 1.52 bits per heavy atom. The molecule has 1 aliphatic carbocycles. The van der Waals surface area contributed by atoms with Crippen molar-refractivity contribution in [2.75, 3.05) is 12.0 Å². The predicted octanol–water partition coefficient (Wildman–Crippen LogP) is 6.32. The number of methoxy groups -OCH3 is 1. The quantitative estimate of drug-likeness (QED) is 0.231. The first kappa shape index (κ1) is 24.3. The maximum Gasteiger partial charge on any atom is 0.186 e. The number of hydrogen-bond donors (Lipinski definition) is 0. The lowest BCUT2D eigenvalue weighted by Gasteiger charge is -2.37. The Labute approximate surface area is 232 Å². The fourth-order valence-corrected chi connectivity index (χ4v) is 7.08. The third-order valence-electron chi connectivity index (χ3n) is 8.74. The van der Waals surface area contributed by atoms with E-state index in [2.05, 4.69) is 6.07 Å². The van der Waals surface area contributed by atoms with E-state index in [9.17, 15) is 14.4 Å². The Morgan fingerprint density at radius 1 is 0.825 bits per heavy atom. The maximum atomic E-state index is 14.7. The van der Waals surface area contributed by atoms with E-state index in [1.54, 1.807) is 55.6 Å². The number of carbonyl (C=O) groups excluding carboxylic acids is 3. The number of fused-ring (bicyclic) bond motifs is 5. The molecule has 1 fully saturated rings. The molecule has 2 heterocycles. The molecule has 4 aromatic carbocycles. The Bertz CT molecular complexity index is 1700. The summed E-state index contributed by atoms with van der Waals surface area (Å²) in [4.78, 5) is 46.0. The highest BCUT2D eigenvalue weighted by molar-refractivity contribution is 6.32. The Morgan fingerprint density at radius 3 is 2.23 bits per heavy atom. The van der Waals surface area contributed by atoms with Crippen LogP contribution in [0.5, 0.6) is 5.75 Å². The van der Waals surface area contributed by atoms with E-state index in [1.807, 2.05) is 66.4 Å². The van der Waals surface area contributed by atoms with Gasteiger partial charge in [-0.2, -0.15) is 0 Å². The standard InChI is InChI=1S/C35H27NO4/c1-21-15-17-28-23(19-21)16-18-29-35(33(38)26-13-6-7-14-27(26)34(35)39)30(22-9-4-3-5-10-22)31(36(28)29)32(37)24-11-8-12-25(20-24)40-2/h3-20,29-31H,1-2H3/t29-,30+,31-/m1/s1. The second kappa shape index (κ2) is 8.88. The molecule has 40 heavy (non-hydrogen) atoms. The van der Waals surface area contributed by atoms with Crippen molar-refractivity contribution < 1.29 is 19.1 Å². The molecule has 0 radical (unpaired) electrons. The summed E-state index contributed by atoms with van der Waals surface area (Å²) in [6.07, 6.45) is 3.95. The fraction of sp³-hybridized carbons (Fsp3) is 0.171. The van der Waals surface area contributed by atoms with E-state index in [-0.39, 0.29) is 17.3 Å². The largest absolute Gasteiger partial charge is 0.497 e. The molecule has 7 rings (SSSR count). The highest BCUT2D eigenvalue weighted by Crippen LogP contribution is 2.61. The summed E-state index contributed by atoms with van der Waals surface area (Å²) in [6.45, 7) is 2.03. The minimum atomic E-state index is -1.50. The van der Waals surface area contributed by atoms with E-state index in [4.69, 9.17) is 4.74 Å². The first-order valence-electron chi connectivity index (χ1n) is 13.5. The molecule has 0 amide bonds. The van der Waals surface area contributed by atoms with Crippen LogP contribution < -0.4 is 9.64 Å². The second-order valence-corrected chi connectivity index (χ2v) is 10.8. The third kappa shape index (κ3) is 3.18. The first-order chi connectivity index (χ1) is 19.5. The van der Waals surface area contributed by atoms with Gasteiger partial charge >= 0.3 is 0 Å². The molecular weight excluding hydrogens is 498 g/mol. The average molecular weight is 526 g/mol. The zero-order valence-electron chi connectivity index (χ0n) is 22.2. The van der Waals surface area contributed by atoms with Crippen molar-refractivity contribution in [2.45, 2.75) is 24.9 Å². The van der Waals surface area contributed by atoms with E-state index < -0.39 is 23.4 Å². The summed E-state index contributed by atoms with van der Waals surface area (Å²) < 4.78 is 5.44. The lowest BCUT2D eigenvalue weighted by Crippen LogP contribution is -2.48. The molecule has 0 aromatic heterocycles. The van der Waals surface area contributed by atoms with E-state index in [0.29, 0.717) is 22.4 Å². The number of carbonyl (C=O) groups is 3. The number of nitrogens with zero attached hydrogens (tertiary/aromatic N) is 1. The minimum Gasteiger partial charge on any atom is -0.497 e. The predicted molar refractivity (Wildman–Crippen MR) is 154 cm³/mol. The first-order valence-corrected chi connectivity index (χ1v) is 13.5. The van der Waals surface area contributed by atoms with Crippen molar-refractivity contribution in [1.82, 2.24) is 0 Å². The lowest BCUT2D eigenvalue weighted by atomic mass is 9.64.